The number of carbonyl (C=O) groups excluding carboxylic acids is 2. The van der Waals surface area contributed by atoms with Crippen molar-refractivity contribution in [3.63, 3.8) is 0 Å². The molecule has 122 valence electrons. The second kappa shape index (κ2) is 5.76. The predicted molar refractivity (Wildman–Crippen MR) is 80.0 cm³/mol. The Morgan fingerprint density at radius 2 is 1.91 bits per heavy atom. The normalized spacial score (nSPS) is 21.1. The van der Waals surface area contributed by atoms with E-state index in [1.54, 1.807) is 6.92 Å². The molecule has 1 heterocycles. The van der Waals surface area contributed by atoms with E-state index in [1.807, 2.05) is 0 Å². The summed E-state index contributed by atoms with van der Waals surface area (Å²) in [5.74, 6) is -1.39. The number of amides is 1. The van der Waals surface area contributed by atoms with Gasteiger partial charge in [-0.2, -0.15) is 0 Å². The van der Waals surface area contributed by atoms with Gasteiger partial charge in [0.05, 0.1) is 6.04 Å². The van der Waals surface area contributed by atoms with Crippen molar-refractivity contribution in [1.29, 1.82) is 0 Å². The molecule has 0 aromatic heterocycles. The van der Waals surface area contributed by atoms with Crippen molar-refractivity contribution < 1.29 is 18.4 Å². The summed E-state index contributed by atoms with van der Waals surface area (Å²) >= 11 is 0. The maximum absolute atomic E-state index is 13.8. The lowest BCUT2D eigenvalue weighted by Crippen LogP contribution is -2.50. The van der Waals surface area contributed by atoms with Crippen LogP contribution < -0.4 is 10.6 Å². The number of carbonyl (C=O) groups is 2. The Labute approximate surface area is 132 Å². The number of hydrogen-bond donors (Lipinski definition) is 2. The van der Waals surface area contributed by atoms with Gasteiger partial charge in [-0.15, -0.1) is 0 Å². The molecule has 6 heteroatoms. The van der Waals surface area contributed by atoms with Crippen molar-refractivity contribution in [1.82, 2.24) is 10.6 Å². The molecule has 2 N–H and O–H groups in total. The minimum absolute atomic E-state index is 0.133. The molecule has 23 heavy (non-hydrogen) atoms. The van der Waals surface area contributed by atoms with Crippen molar-refractivity contribution in [3.05, 3.63) is 47.3 Å². The lowest BCUT2D eigenvalue weighted by molar-refractivity contribution is -0.140. The molecule has 0 bridgehead atoms. The first-order valence-electron chi connectivity index (χ1n) is 7.71. The third kappa shape index (κ3) is 2.73. The molecule has 1 aromatic carbocycles. The second-order valence-electron chi connectivity index (χ2n) is 6.20. The minimum Gasteiger partial charge on any atom is -0.365 e. The number of nitrogens with one attached hydrogen (secondary N) is 2. The minimum atomic E-state index is -0.932. The van der Waals surface area contributed by atoms with Crippen molar-refractivity contribution in [2.75, 3.05) is 0 Å². The molecule has 0 radical (unpaired) electrons. The van der Waals surface area contributed by atoms with E-state index in [4.69, 9.17) is 0 Å². The van der Waals surface area contributed by atoms with Crippen LogP contribution in [0.5, 0.6) is 0 Å². The highest BCUT2D eigenvalue weighted by Crippen LogP contribution is 2.41. The molecule has 1 aliphatic carbocycles. The summed E-state index contributed by atoms with van der Waals surface area (Å²) in [4.78, 5) is 24.7. The van der Waals surface area contributed by atoms with Crippen LogP contribution in [0.4, 0.5) is 8.78 Å². The zero-order valence-corrected chi connectivity index (χ0v) is 12.8. The Morgan fingerprint density at radius 1 is 1.22 bits per heavy atom. The van der Waals surface area contributed by atoms with Crippen LogP contribution in [0.25, 0.3) is 0 Å². The summed E-state index contributed by atoms with van der Waals surface area (Å²) in [7, 11) is 0. The molecule has 4 nitrogen and oxygen atoms in total. The first kappa shape index (κ1) is 15.6. The number of benzene rings is 1. The number of halogens is 2. The highest BCUT2D eigenvalue weighted by Gasteiger charge is 2.49. The maximum Gasteiger partial charge on any atom is 0.239 e. The number of hydrogen-bond acceptors (Lipinski definition) is 3. The molecule has 1 saturated carbocycles. The fraction of sp³-hybridized carbons (Fsp3) is 0.412. The van der Waals surface area contributed by atoms with Crippen LogP contribution in [0, 0.1) is 17.0 Å². The van der Waals surface area contributed by atoms with Crippen LogP contribution in [0.15, 0.2) is 30.1 Å². The summed E-state index contributed by atoms with van der Waals surface area (Å²) in [6.45, 7) is 1.63. The molecule has 2 aliphatic rings. The molecule has 3 rings (SSSR count). The van der Waals surface area contributed by atoms with E-state index in [0.717, 1.165) is 31.0 Å². The topological polar surface area (TPSA) is 58.2 Å². The molecule has 1 aromatic rings. The summed E-state index contributed by atoms with van der Waals surface area (Å²) in [5, 5.41) is 5.56. The summed E-state index contributed by atoms with van der Waals surface area (Å²) in [6.07, 6.45) is 4.22. The van der Waals surface area contributed by atoms with Crippen molar-refractivity contribution >= 4 is 11.7 Å². The average Bonchev–Trinajstić information content (AvgIpc) is 2.98. The molecule has 1 unspecified atom stereocenters. The van der Waals surface area contributed by atoms with Crippen LogP contribution in [0.1, 0.15) is 44.2 Å². The van der Waals surface area contributed by atoms with E-state index in [0.29, 0.717) is 12.8 Å². The molecule has 1 atom stereocenters. The fourth-order valence-corrected chi connectivity index (χ4v) is 3.35. The Kier molecular flexibility index (Phi) is 3.92. The van der Waals surface area contributed by atoms with E-state index in [-0.39, 0.29) is 23.1 Å². The molecular formula is C17H18F2N2O2. The number of allylic oxidation sites excluding steroid dienone is 1. The van der Waals surface area contributed by atoms with Gasteiger partial charge in [-0.25, -0.2) is 8.78 Å². The third-order valence-corrected chi connectivity index (χ3v) is 4.68. The highest BCUT2D eigenvalue weighted by atomic mass is 19.1. The van der Waals surface area contributed by atoms with E-state index in [1.165, 1.54) is 6.08 Å². The summed E-state index contributed by atoms with van der Waals surface area (Å²) < 4.78 is 27.1. The smallest absolute Gasteiger partial charge is 0.239 e. The van der Waals surface area contributed by atoms with Gasteiger partial charge in [0.15, 0.2) is 5.78 Å². The van der Waals surface area contributed by atoms with Crippen LogP contribution in [0.2, 0.25) is 0 Å². The Hall–Kier alpha value is -2.24. The van der Waals surface area contributed by atoms with Crippen molar-refractivity contribution in [3.8, 4) is 0 Å². The first-order chi connectivity index (χ1) is 10.9. The summed E-state index contributed by atoms with van der Waals surface area (Å²) in [5.41, 5.74) is -0.799. The van der Waals surface area contributed by atoms with Crippen molar-refractivity contribution in [2.24, 2.45) is 5.41 Å². The summed E-state index contributed by atoms with van der Waals surface area (Å²) in [6, 6.07) is 2.59. The maximum atomic E-state index is 13.8. The largest absolute Gasteiger partial charge is 0.365 e. The molecule has 1 fully saturated rings. The van der Waals surface area contributed by atoms with Crippen LogP contribution in [0.3, 0.4) is 0 Å². The van der Waals surface area contributed by atoms with Gasteiger partial charge in [0, 0.05) is 11.6 Å². The Morgan fingerprint density at radius 3 is 2.57 bits per heavy atom. The average molecular weight is 320 g/mol. The Balaban J connectivity index is 1.79. The number of rotatable bonds is 3. The van der Waals surface area contributed by atoms with E-state index in [2.05, 4.69) is 10.6 Å². The monoisotopic (exact) mass is 320 g/mol. The van der Waals surface area contributed by atoms with Gasteiger partial charge in [-0.3, -0.25) is 9.59 Å². The molecule has 0 saturated heterocycles. The Bertz CT molecular complexity index is 694. The zero-order valence-electron chi connectivity index (χ0n) is 12.8. The second-order valence-corrected chi connectivity index (χ2v) is 6.20. The quantitative estimate of drug-likeness (QED) is 0.842. The number of ketones is 1. The predicted octanol–water partition coefficient (Wildman–Crippen LogP) is 2.72. The van der Waals surface area contributed by atoms with Gasteiger partial charge < -0.3 is 10.6 Å². The highest BCUT2D eigenvalue weighted by molar-refractivity contribution is 6.14. The first-order valence-corrected chi connectivity index (χ1v) is 7.71. The zero-order chi connectivity index (χ0) is 16.6. The molecular weight excluding hydrogens is 302 g/mol. The van der Waals surface area contributed by atoms with Crippen LogP contribution in [-0.4, -0.2) is 11.7 Å². The van der Waals surface area contributed by atoms with Gasteiger partial charge >= 0.3 is 0 Å². The standard InChI is InChI=1S/C17H18F2N2O2/c1-10(12-8-11(18)4-5-13(12)19)20-15-9-14(22)17(16(23)21-15)6-2-3-7-17/h4-5,8-10,20H,2-3,6-7H2,1H3,(H,21,23). The third-order valence-electron chi connectivity index (χ3n) is 4.68. The van der Waals surface area contributed by atoms with Crippen molar-refractivity contribution in [2.45, 2.75) is 38.6 Å². The SMILES string of the molecule is CC(NC1=CC(=O)C2(CCCC2)C(=O)N1)c1cc(F)ccc1F. The van der Waals surface area contributed by atoms with Crippen LogP contribution >= 0.6 is 0 Å². The fourth-order valence-electron chi connectivity index (χ4n) is 3.35. The van der Waals surface area contributed by atoms with Gasteiger partial charge in [-0.1, -0.05) is 12.8 Å². The van der Waals surface area contributed by atoms with Gasteiger partial charge in [0.1, 0.15) is 22.9 Å². The van der Waals surface area contributed by atoms with E-state index in [9.17, 15) is 18.4 Å². The molecule has 1 spiro atoms. The molecule has 1 aliphatic heterocycles. The molecule has 1 amide bonds. The van der Waals surface area contributed by atoms with Crippen LogP contribution in [-0.2, 0) is 9.59 Å². The van der Waals surface area contributed by atoms with E-state index < -0.39 is 23.1 Å². The lowest BCUT2D eigenvalue weighted by Gasteiger charge is -2.31. The van der Waals surface area contributed by atoms with Gasteiger partial charge in [0.25, 0.3) is 0 Å². The van der Waals surface area contributed by atoms with E-state index >= 15 is 0 Å². The van der Waals surface area contributed by atoms with Gasteiger partial charge in [-0.05, 0) is 38.0 Å². The van der Waals surface area contributed by atoms with Gasteiger partial charge in [0.2, 0.25) is 5.91 Å². The lowest BCUT2D eigenvalue weighted by atomic mass is 9.79.